The van der Waals surface area contributed by atoms with Gasteiger partial charge in [0.2, 0.25) is 0 Å². The van der Waals surface area contributed by atoms with Crippen LogP contribution in [0.4, 0.5) is 0 Å². The van der Waals surface area contributed by atoms with E-state index in [1.165, 1.54) is 0 Å². The fourth-order valence-corrected chi connectivity index (χ4v) is 1.70. The Morgan fingerprint density at radius 3 is 2.88 bits per heavy atom. The summed E-state index contributed by atoms with van der Waals surface area (Å²) in [4.78, 5) is 4.21. The first-order valence-corrected chi connectivity index (χ1v) is 5.69. The molecule has 0 aliphatic rings. The third kappa shape index (κ3) is 2.27. The van der Waals surface area contributed by atoms with E-state index in [1.54, 1.807) is 6.07 Å². The maximum absolute atomic E-state index is 6.10. The van der Waals surface area contributed by atoms with Crippen molar-refractivity contribution in [2.45, 2.75) is 32.1 Å². The fourth-order valence-electron chi connectivity index (χ4n) is 1.39. The van der Waals surface area contributed by atoms with Crippen molar-refractivity contribution in [1.29, 1.82) is 0 Å². The summed E-state index contributed by atoms with van der Waals surface area (Å²) in [7, 11) is 0. The largest absolute Gasteiger partial charge is 0.456 e. The van der Waals surface area contributed by atoms with Gasteiger partial charge in [-0.3, -0.25) is 0 Å². The summed E-state index contributed by atoms with van der Waals surface area (Å²) in [5.74, 6) is 2.29. The van der Waals surface area contributed by atoms with Crippen LogP contribution in [0.3, 0.4) is 0 Å². The molecule has 0 aliphatic carbocycles. The van der Waals surface area contributed by atoms with Crippen molar-refractivity contribution in [3.8, 4) is 11.7 Å². The van der Waals surface area contributed by atoms with E-state index in [1.807, 2.05) is 13.0 Å². The lowest BCUT2D eigenvalue weighted by molar-refractivity contribution is 0.405. The van der Waals surface area contributed by atoms with Crippen LogP contribution in [0.15, 0.2) is 21.1 Å². The van der Waals surface area contributed by atoms with Gasteiger partial charge in [0, 0.05) is 0 Å². The number of hydrogen-bond donors (Lipinski definition) is 0. The minimum Gasteiger partial charge on any atom is -0.456 e. The van der Waals surface area contributed by atoms with Crippen LogP contribution in [-0.4, -0.2) is 10.1 Å². The Bertz CT molecular complexity index is 464. The van der Waals surface area contributed by atoms with E-state index in [9.17, 15) is 0 Å². The normalized spacial score (nSPS) is 12.9. The summed E-state index contributed by atoms with van der Waals surface area (Å²) in [5, 5.41) is 3.65. The second kappa shape index (κ2) is 4.70. The molecule has 0 radical (unpaired) electrons. The van der Waals surface area contributed by atoms with Crippen molar-refractivity contribution in [3.05, 3.63) is 23.7 Å². The van der Waals surface area contributed by atoms with Gasteiger partial charge in [0.1, 0.15) is 5.76 Å². The molecule has 0 spiro atoms. The zero-order valence-electron chi connectivity index (χ0n) is 9.24. The molecule has 2 rings (SSSR count). The number of aryl methyl sites for hydroxylation is 1. The lowest BCUT2D eigenvalue weighted by Gasteiger charge is -1.99. The van der Waals surface area contributed by atoms with Crippen LogP contribution in [0.25, 0.3) is 11.7 Å². The number of nitrogens with zero attached hydrogens (tertiary/aromatic N) is 2. The Morgan fingerprint density at radius 1 is 1.44 bits per heavy atom. The molecule has 1 atom stereocenters. The predicted molar refractivity (Wildman–Crippen MR) is 60.2 cm³/mol. The maximum Gasteiger partial charge on any atom is 0.293 e. The van der Waals surface area contributed by atoms with Gasteiger partial charge >= 0.3 is 0 Å². The zero-order chi connectivity index (χ0) is 11.5. The van der Waals surface area contributed by atoms with E-state index in [4.69, 9.17) is 20.5 Å². The minimum absolute atomic E-state index is 0.196. The van der Waals surface area contributed by atoms with Crippen molar-refractivity contribution >= 4 is 11.6 Å². The van der Waals surface area contributed by atoms with E-state index in [0.717, 1.165) is 18.6 Å². The number of halogens is 1. The first-order chi connectivity index (χ1) is 7.70. The van der Waals surface area contributed by atoms with Crippen molar-refractivity contribution in [2.75, 3.05) is 0 Å². The summed E-state index contributed by atoms with van der Waals surface area (Å²) in [6.07, 6.45) is 1.82. The minimum atomic E-state index is -0.196. The molecule has 5 heteroatoms. The molecule has 0 aromatic carbocycles. The van der Waals surface area contributed by atoms with Crippen molar-refractivity contribution in [2.24, 2.45) is 0 Å². The molecule has 2 aromatic heterocycles. The Balaban J connectivity index is 2.19. The standard InChI is InChI=1S/C11H13ClN2O2/c1-3-4-8(12)10-13-11(16-14-10)9-6-5-7(2)15-9/h5-6,8H,3-4H2,1-2H3. The van der Waals surface area contributed by atoms with Gasteiger partial charge < -0.3 is 8.94 Å². The summed E-state index contributed by atoms with van der Waals surface area (Å²) in [5.41, 5.74) is 0. The van der Waals surface area contributed by atoms with Gasteiger partial charge in [-0.15, -0.1) is 11.6 Å². The fraction of sp³-hybridized carbons (Fsp3) is 0.455. The average molecular weight is 241 g/mol. The van der Waals surface area contributed by atoms with E-state index in [-0.39, 0.29) is 5.38 Å². The third-order valence-corrected chi connectivity index (χ3v) is 2.63. The zero-order valence-corrected chi connectivity index (χ0v) is 9.99. The number of rotatable bonds is 4. The van der Waals surface area contributed by atoms with Gasteiger partial charge in [0.25, 0.3) is 5.89 Å². The average Bonchev–Trinajstić information content (AvgIpc) is 2.85. The summed E-state index contributed by atoms with van der Waals surface area (Å²) < 4.78 is 10.5. The highest BCUT2D eigenvalue weighted by atomic mass is 35.5. The van der Waals surface area contributed by atoms with Crippen LogP contribution in [0.5, 0.6) is 0 Å². The highest BCUT2D eigenvalue weighted by Crippen LogP contribution is 2.26. The Labute approximate surface area is 98.6 Å². The van der Waals surface area contributed by atoms with Gasteiger partial charge in [-0.2, -0.15) is 4.98 Å². The van der Waals surface area contributed by atoms with Crippen molar-refractivity contribution < 1.29 is 8.94 Å². The van der Waals surface area contributed by atoms with Gasteiger partial charge in [0.05, 0.1) is 5.38 Å². The summed E-state index contributed by atoms with van der Waals surface area (Å²) >= 11 is 6.10. The summed E-state index contributed by atoms with van der Waals surface area (Å²) in [6, 6.07) is 3.65. The van der Waals surface area contributed by atoms with Crippen LogP contribution >= 0.6 is 11.6 Å². The molecule has 0 aliphatic heterocycles. The predicted octanol–water partition coefficient (Wildman–Crippen LogP) is 3.72. The smallest absolute Gasteiger partial charge is 0.293 e. The highest BCUT2D eigenvalue weighted by Gasteiger charge is 2.17. The molecule has 0 bridgehead atoms. The lowest BCUT2D eigenvalue weighted by atomic mass is 10.2. The third-order valence-electron chi connectivity index (χ3n) is 2.22. The molecular weight excluding hydrogens is 228 g/mol. The molecule has 86 valence electrons. The number of hydrogen-bond acceptors (Lipinski definition) is 4. The van der Waals surface area contributed by atoms with Crippen LogP contribution < -0.4 is 0 Å². The monoisotopic (exact) mass is 240 g/mol. The van der Waals surface area contributed by atoms with E-state index >= 15 is 0 Å². The first kappa shape index (κ1) is 11.2. The quantitative estimate of drug-likeness (QED) is 0.765. The molecule has 4 nitrogen and oxygen atoms in total. The van der Waals surface area contributed by atoms with Crippen LogP contribution in [0.1, 0.15) is 36.7 Å². The second-order valence-corrected chi connectivity index (χ2v) is 4.15. The molecule has 0 fully saturated rings. The first-order valence-electron chi connectivity index (χ1n) is 5.25. The lowest BCUT2D eigenvalue weighted by Crippen LogP contribution is -1.92. The molecule has 0 saturated heterocycles. The van der Waals surface area contributed by atoms with Crippen LogP contribution in [0, 0.1) is 6.92 Å². The highest BCUT2D eigenvalue weighted by molar-refractivity contribution is 6.20. The topological polar surface area (TPSA) is 52.1 Å². The van der Waals surface area contributed by atoms with E-state index < -0.39 is 0 Å². The SMILES string of the molecule is CCCC(Cl)c1noc(-c2ccc(C)o2)n1. The Morgan fingerprint density at radius 2 is 2.25 bits per heavy atom. The van der Waals surface area contributed by atoms with Crippen molar-refractivity contribution in [3.63, 3.8) is 0 Å². The molecule has 0 N–H and O–H groups in total. The maximum atomic E-state index is 6.10. The van der Waals surface area contributed by atoms with Gasteiger partial charge in [-0.1, -0.05) is 18.5 Å². The molecule has 2 heterocycles. The molecule has 0 saturated carbocycles. The van der Waals surface area contributed by atoms with Gasteiger partial charge in [0.15, 0.2) is 11.6 Å². The van der Waals surface area contributed by atoms with E-state index in [2.05, 4.69) is 17.1 Å². The number of alkyl halides is 1. The van der Waals surface area contributed by atoms with Gasteiger partial charge in [-0.25, -0.2) is 0 Å². The van der Waals surface area contributed by atoms with Crippen molar-refractivity contribution in [1.82, 2.24) is 10.1 Å². The van der Waals surface area contributed by atoms with Gasteiger partial charge in [-0.05, 0) is 25.5 Å². The molecule has 16 heavy (non-hydrogen) atoms. The second-order valence-electron chi connectivity index (χ2n) is 3.62. The molecule has 0 amide bonds. The van der Waals surface area contributed by atoms with E-state index in [0.29, 0.717) is 17.5 Å². The molecular formula is C11H13ClN2O2. The summed E-state index contributed by atoms with van der Waals surface area (Å²) in [6.45, 7) is 3.93. The van der Waals surface area contributed by atoms with Crippen LogP contribution in [-0.2, 0) is 0 Å². The Kier molecular flexibility index (Phi) is 3.29. The molecule has 1 unspecified atom stereocenters. The molecule has 2 aromatic rings. The van der Waals surface area contributed by atoms with Crippen LogP contribution in [0.2, 0.25) is 0 Å². The number of aromatic nitrogens is 2. The Hall–Kier alpha value is -1.29. The number of furan rings is 1.